The Morgan fingerprint density at radius 2 is 1.66 bits per heavy atom. The van der Waals surface area contributed by atoms with Gasteiger partial charge in [-0.25, -0.2) is 13.1 Å². The first-order valence-electron chi connectivity index (χ1n) is 12.2. The van der Waals surface area contributed by atoms with Crippen LogP contribution in [0.4, 0.5) is 0 Å². The first-order valence-corrected chi connectivity index (χ1v) is 13.8. The van der Waals surface area contributed by atoms with E-state index >= 15 is 0 Å². The lowest BCUT2D eigenvalue weighted by Gasteiger charge is -2.30. The van der Waals surface area contributed by atoms with E-state index in [1.54, 1.807) is 7.11 Å². The van der Waals surface area contributed by atoms with Crippen molar-refractivity contribution in [2.24, 2.45) is 0 Å². The highest BCUT2D eigenvalue weighted by Gasteiger charge is 2.44. The van der Waals surface area contributed by atoms with Crippen LogP contribution in [-0.2, 0) is 26.7 Å². The van der Waals surface area contributed by atoms with Crippen molar-refractivity contribution in [3.8, 4) is 5.75 Å². The van der Waals surface area contributed by atoms with Crippen molar-refractivity contribution in [1.82, 2.24) is 14.5 Å². The first kappa shape index (κ1) is 27.2. The Bertz CT molecular complexity index is 1090. The van der Waals surface area contributed by atoms with Crippen LogP contribution in [0.3, 0.4) is 0 Å². The minimum absolute atomic E-state index is 0.0318. The maximum atomic E-state index is 13.6. The van der Waals surface area contributed by atoms with E-state index < -0.39 is 16.1 Å². The molecule has 1 heterocycles. The van der Waals surface area contributed by atoms with Gasteiger partial charge in [-0.2, -0.15) is 0 Å². The molecular formula is C27H39N3O4S. The smallest absolute Gasteiger partial charge is 0.242 e. The molecule has 1 aliphatic heterocycles. The van der Waals surface area contributed by atoms with Crippen molar-refractivity contribution >= 4 is 15.9 Å². The highest BCUT2D eigenvalue weighted by Crippen LogP contribution is 2.34. The van der Waals surface area contributed by atoms with Gasteiger partial charge in [-0.15, -0.1) is 0 Å². The Labute approximate surface area is 210 Å². The van der Waals surface area contributed by atoms with Crippen molar-refractivity contribution in [1.29, 1.82) is 0 Å². The quantitative estimate of drug-likeness (QED) is 0.537. The molecule has 0 saturated carbocycles. The summed E-state index contributed by atoms with van der Waals surface area (Å²) in [5.74, 6) is 0.781. The Morgan fingerprint density at radius 1 is 1.03 bits per heavy atom. The Balaban J connectivity index is 1.85. The van der Waals surface area contributed by atoms with E-state index in [9.17, 15) is 13.2 Å². The molecule has 2 atom stereocenters. The minimum atomic E-state index is -3.41. The van der Waals surface area contributed by atoms with Gasteiger partial charge in [0.05, 0.1) is 12.9 Å². The van der Waals surface area contributed by atoms with Crippen LogP contribution in [0.25, 0.3) is 0 Å². The SMILES string of the molecule is CCCS(=O)(=O)NC[C@H]1C(=O)N(CCc2ccc(OC)cc2)[C@@H](c2ccc(C(C)(C)C)cc2)N1C. The van der Waals surface area contributed by atoms with Crippen LogP contribution in [0, 0.1) is 0 Å². The largest absolute Gasteiger partial charge is 0.497 e. The number of carbonyl (C=O) groups excluding carboxylic acids is 1. The highest BCUT2D eigenvalue weighted by molar-refractivity contribution is 7.89. The summed E-state index contributed by atoms with van der Waals surface area (Å²) in [6.45, 7) is 8.93. The van der Waals surface area contributed by atoms with Crippen molar-refractivity contribution < 1.29 is 17.9 Å². The molecule has 0 aromatic heterocycles. The van der Waals surface area contributed by atoms with E-state index in [1.165, 1.54) is 5.56 Å². The van der Waals surface area contributed by atoms with Crippen molar-refractivity contribution in [2.45, 2.75) is 58.2 Å². The molecule has 0 bridgehead atoms. The minimum Gasteiger partial charge on any atom is -0.497 e. The average molecular weight is 502 g/mol. The number of ether oxygens (including phenoxy) is 1. The summed E-state index contributed by atoms with van der Waals surface area (Å²) in [4.78, 5) is 17.4. The second-order valence-corrected chi connectivity index (χ2v) is 12.2. The topological polar surface area (TPSA) is 79.0 Å². The number of nitrogens with zero attached hydrogens (tertiary/aromatic N) is 2. The van der Waals surface area contributed by atoms with Crippen LogP contribution < -0.4 is 9.46 Å². The van der Waals surface area contributed by atoms with Gasteiger partial charge in [0.15, 0.2) is 0 Å². The van der Waals surface area contributed by atoms with Crippen LogP contribution in [-0.4, -0.2) is 63.2 Å². The second-order valence-electron chi connectivity index (χ2n) is 10.2. The molecule has 7 nitrogen and oxygen atoms in total. The molecule has 8 heteroatoms. The van der Waals surface area contributed by atoms with Crippen molar-refractivity contribution in [3.63, 3.8) is 0 Å². The molecular weight excluding hydrogens is 462 g/mol. The van der Waals surface area contributed by atoms with E-state index in [2.05, 4.69) is 49.8 Å². The monoisotopic (exact) mass is 501 g/mol. The third-order valence-corrected chi connectivity index (χ3v) is 8.14. The molecule has 192 valence electrons. The van der Waals surface area contributed by atoms with Crippen LogP contribution in [0.5, 0.6) is 5.75 Å². The number of nitrogens with one attached hydrogen (secondary N) is 1. The zero-order chi connectivity index (χ0) is 25.8. The van der Waals surface area contributed by atoms with Gasteiger partial charge < -0.3 is 9.64 Å². The van der Waals surface area contributed by atoms with Gasteiger partial charge in [0.2, 0.25) is 15.9 Å². The van der Waals surface area contributed by atoms with E-state index in [0.717, 1.165) is 16.9 Å². The normalized spacial score (nSPS) is 19.4. The summed E-state index contributed by atoms with van der Waals surface area (Å²) in [6, 6.07) is 15.7. The van der Waals surface area contributed by atoms with Crippen LogP contribution in [0.1, 0.15) is 57.0 Å². The van der Waals surface area contributed by atoms with Gasteiger partial charge in [0.25, 0.3) is 0 Å². The summed E-state index contributed by atoms with van der Waals surface area (Å²) in [7, 11) is 0.124. The van der Waals surface area contributed by atoms with E-state index in [-0.39, 0.29) is 29.8 Å². The predicted molar refractivity (Wildman–Crippen MR) is 140 cm³/mol. The lowest BCUT2D eigenvalue weighted by atomic mass is 9.86. The number of hydrogen-bond acceptors (Lipinski definition) is 5. The molecule has 1 saturated heterocycles. The van der Waals surface area contributed by atoms with Gasteiger partial charge in [-0.3, -0.25) is 9.69 Å². The fourth-order valence-corrected chi connectivity index (χ4v) is 5.59. The van der Waals surface area contributed by atoms with Crippen LogP contribution in [0.2, 0.25) is 0 Å². The zero-order valence-electron chi connectivity index (χ0n) is 21.7. The van der Waals surface area contributed by atoms with Gasteiger partial charge in [0, 0.05) is 13.1 Å². The predicted octanol–water partition coefficient (Wildman–Crippen LogP) is 3.71. The number of benzene rings is 2. The fourth-order valence-electron chi connectivity index (χ4n) is 4.50. The third-order valence-electron chi connectivity index (χ3n) is 6.59. The molecule has 0 spiro atoms. The van der Waals surface area contributed by atoms with Gasteiger partial charge in [-0.1, -0.05) is 64.1 Å². The summed E-state index contributed by atoms with van der Waals surface area (Å²) in [5.41, 5.74) is 3.38. The molecule has 1 amide bonds. The number of rotatable bonds is 10. The highest BCUT2D eigenvalue weighted by atomic mass is 32.2. The van der Waals surface area contributed by atoms with E-state index in [1.807, 2.05) is 48.0 Å². The molecule has 35 heavy (non-hydrogen) atoms. The van der Waals surface area contributed by atoms with Gasteiger partial charge >= 0.3 is 0 Å². The molecule has 2 aromatic carbocycles. The molecule has 1 fully saturated rings. The molecule has 0 radical (unpaired) electrons. The summed E-state index contributed by atoms with van der Waals surface area (Å²) in [5, 5.41) is 0. The maximum absolute atomic E-state index is 13.6. The molecule has 3 rings (SSSR count). The second kappa shape index (κ2) is 11.1. The number of likely N-dealkylation sites (N-methyl/N-ethyl adjacent to an activating group) is 1. The summed E-state index contributed by atoms with van der Waals surface area (Å²) >= 11 is 0. The van der Waals surface area contributed by atoms with Gasteiger partial charge in [0.1, 0.15) is 18.0 Å². The van der Waals surface area contributed by atoms with Crippen LogP contribution in [0.15, 0.2) is 48.5 Å². The number of hydrogen-bond donors (Lipinski definition) is 1. The number of methoxy groups -OCH3 is 1. The Morgan fingerprint density at radius 3 is 2.20 bits per heavy atom. The van der Waals surface area contributed by atoms with E-state index in [0.29, 0.717) is 19.4 Å². The fraction of sp³-hybridized carbons (Fsp3) is 0.519. The van der Waals surface area contributed by atoms with E-state index in [4.69, 9.17) is 4.74 Å². The Hall–Kier alpha value is -2.42. The molecule has 0 aliphatic carbocycles. The average Bonchev–Trinajstić information content (AvgIpc) is 3.05. The van der Waals surface area contributed by atoms with Gasteiger partial charge in [-0.05, 0) is 54.1 Å². The summed E-state index contributed by atoms with van der Waals surface area (Å²) < 4.78 is 32.4. The zero-order valence-corrected chi connectivity index (χ0v) is 22.6. The molecule has 0 unspecified atom stereocenters. The van der Waals surface area contributed by atoms with Crippen molar-refractivity contribution in [2.75, 3.05) is 33.0 Å². The Kier molecular flexibility index (Phi) is 8.62. The standard InChI is InChI=1S/C27H39N3O4S/c1-7-18-35(32,33)28-19-24-26(31)30(17-16-20-8-14-23(34-6)15-9-20)25(29(24)5)21-10-12-22(13-11-21)27(2,3)4/h8-15,24-25,28H,7,16-19H2,1-6H3/t24-,25-/m0/s1. The number of amides is 1. The van der Waals surface area contributed by atoms with Crippen molar-refractivity contribution in [3.05, 3.63) is 65.2 Å². The lowest BCUT2D eigenvalue weighted by Crippen LogP contribution is -2.43. The van der Waals surface area contributed by atoms with Crippen LogP contribution >= 0.6 is 0 Å². The molecule has 1 aliphatic rings. The first-order chi connectivity index (χ1) is 16.5. The number of sulfonamides is 1. The molecule has 1 N–H and O–H groups in total. The lowest BCUT2D eigenvalue weighted by molar-refractivity contribution is -0.130. The molecule has 2 aromatic rings. The maximum Gasteiger partial charge on any atom is 0.242 e. The third kappa shape index (κ3) is 6.63. The number of carbonyl (C=O) groups is 1. The summed E-state index contributed by atoms with van der Waals surface area (Å²) in [6.07, 6.45) is 0.949.